The molecule has 0 saturated heterocycles. The highest BCUT2D eigenvalue weighted by Gasteiger charge is 2.26. The molecule has 0 radical (unpaired) electrons. The van der Waals surface area contributed by atoms with E-state index >= 15 is 0 Å². The molecule has 0 spiro atoms. The molecule has 0 aromatic carbocycles. The van der Waals surface area contributed by atoms with Crippen LogP contribution >= 0.6 is 11.3 Å². The predicted molar refractivity (Wildman–Crippen MR) is 75.8 cm³/mol. The van der Waals surface area contributed by atoms with E-state index in [-0.39, 0.29) is 0 Å². The number of likely N-dealkylation sites (N-methyl/N-ethyl adjacent to an activating group) is 2. The van der Waals surface area contributed by atoms with Gasteiger partial charge < -0.3 is 10.2 Å². The van der Waals surface area contributed by atoms with E-state index in [2.05, 4.69) is 41.8 Å². The van der Waals surface area contributed by atoms with Crippen molar-refractivity contribution in [3.05, 3.63) is 22.4 Å². The summed E-state index contributed by atoms with van der Waals surface area (Å²) in [6.07, 6.45) is 6.67. The molecule has 2 nitrogen and oxygen atoms in total. The second-order valence-corrected chi connectivity index (χ2v) is 6.09. The van der Waals surface area contributed by atoms with Crippen molar-refractivity contribution >= 4 is 11.3 Å². The molecule has 0 amide bonds. The van der Waals surface area contributed by atoms with Crippen molar-refractivity contribution in [3.63, 3.8) is 0 Å². The summed E-state index contributed by atoms with van der Waals surface area (Å²) in [6.45, 7) is 1.18. The number of hydrogen-bond donors (Lipinski definition) is 1. The molecule has 0 bridgehead atoms. The Morgan fingerprint density at radius 2 is 2.24 bits per heavy atom. The first kappa shape index (κ1) is 13.1. The summed E-state index contributed by atoms with van der Waals surface area (Å²) >= 11 is 1.88. The molecule has 1 N–H and O–H groups in total. The predicted octanol–water partition coefficient (Wildman–Crippen LogP) is 2.75. The fourth-order valence-electron chi connectivity index (χ4n) is 2.88. The third-order valence-corrected chi connectivity index (χ3v) is 4.89. The van der Waals surface area contributed by atoms with Crippen LogP contribution < -0.4 is 5.32 Å². The Morgan fingerprint density at radius 3 is 2.94 bits per heavy atom. The lowest BCUT2D eigenvalue weighted by Crippen LogP contribution is -2.49. The number of nitrogens with zero attached hydrogens (tertiary/aromatic N) is 1. The summed E-state index contributed by atoms with van der Waals surface area (Å²) in [5.74, 6) is 0. The minimum atomic E-state index is 0.692. The Labute approximate surface area is 109 Å². The molecule has 1 fully saturated rings. The molecule has 0 aliphatic heterocycles. The zero-order chi connectivity index (χ0) is 12.1. The van der Waals surface area contributed by atoms with Crippen LogP contribution in [0, 0.1) is 0 Å². The van der Waals surface area contributed by atoms with Crippen molar-refractivity contribution in [2.24, 2.45) is 0 Å². The highest BCUT2D eigenvalue weighted by atomic mass is 32.1. The topological polar surface area (TPSA) is 15.3 Å². The Bertz CT molecular complexity index is 310. The monoisotopic (exact) mass is 252 g/mol. The van der Waals surface area contributed by atoms with Crippen molar-refractivity contribution in [2.75, 3.05) is 20.6 Å². The zero-order valence-corrected chi connectivity index (χ0v) is 11.8. The standard InChI is InChI=1S/C14H24N2S/c1-15-13-7-3-4-8-14(13)16(2)10-9-12-6-5-11-17-12/h5-6,11,13-15H,3-4,7-10H2,1-2H3/t13-,14-/m1/s1. The van der Waals surface area contributed by atoms with E-state index in [1.54, 1.807) is 0 Å². The van der Waals surface area contributed by atoms with Crippen LogP contribution in [0.4, 0.5) is 0 Å². The molecule has 1 heterocycles. The molecule has 1 aromatic rings. The lowest BCUT2D eigenvalue weighted by atomic mass is 9.89. The summed E-state index contributed by atoms with van der Waals surface area (Å²) in [5.41, 5.74) is 0. The molecule has 1 aliphatic rings. The SMILES string of the molecule is CN[C@@H]1CCCC[C@H]1N(C)CCc1cccs1. The maximum Gasteiger partial charge on any atom is 0.0246 e. The third kappa shape index (κ3) is 3.54. The van der Waals surface area contributed by atoms with E-state index < -0.39 is 0 Å². The molecule has 17 heavy (non-hydrogen) atoms. The van der Waals surface area contributed by atoms with Gasteiger partial charge in [0.05, 0.1) is 0 Å². The minimum absolute atomic E-state index is 0.692. The quantitative estimate of drug-likeness (QED) is 0.867. The Balaban J connectivity index is 1.83. The normalized spacial score (nSPS) is 25.4. The van der Waals surface area contributed by atoms with Crippen molar-refractivity contribution < 1.29 is 0 Å². The van der Waals surface area contributed by atoms with Crippen LogP contribution in [-0.2, 0) is 6.42 Å². The van der Waals surface area contributed by atoms with E-state index in [0.717, 1.165) is 6.04 Å². The molecular formula is C14H24N2S. The van der Waals surface area contributed by atoms with E-state index in [9.17, 15) is 0 Å². The van der Waals surface area contributed by atoms with Gasteiger partial charge in [-0.05, 0) is 44.8 Å². The van der Waals surface area contributed by atoms with Crippen LogP contribution in [0.25, 0.3) is 0 Å². The van der Waals surface area contributed by atoms with Crippen LogP contribution in [0.3, 0.4) is 0 Å². The summed E-state index contributed by atoms with van der Waals surface area (Å²) in [5, 5.41) is 5.66. The molecule has 0 unspecified atom stereocenters. The maximum atomic E-state index is 3.49. The summed E-state index contributed by atoms with van der Waals surface area (Å²) in [7, 11) is 4.39. The van der Waals surface area contributed by atoms with Gasteiger partial charge in [0.1, 0.15) is 0 Å². The first-order valence-electron chi connectivity index (χ1n) is 6.71. The summed E-state index contributed by atoms with van der Waals surface area (Å²) in [6, 6.07) is 5.82. The van der Waals surface area contributed by atoms with Gasteiger partial charge in [-0.15, -0.1) is 11.3 Å². The average Bonchev–Trinajstić information content (AvgIpc) is 2.89. The summed E-state index contributed by atoms with van der Waals surface area (Å²) < 4.78 is 0. The largest absolute Gasteiger partial charge is 0.315 e. The van der Waals surface area contributed by atoms with Crippen molar-refractivity contribution in [1.82, 2.24) is 10.2 Å². The molecule has 96 valence electrons. The number of hydrogen-bond acceptors (Lipinski definition) is 3. The highest BCUT2D eigenvalue weighted by Crippen LogP contribution is 2.22. The molecular weight excluding hydrogens is 228 g/mol. The van der Waals surface area contributed by atoms with Gasteiger partial charge in [0.15, 0.2) is 0 Å². The molecule has 2 rings (SSSR count). The Hall–Kier alpha value is -0.380. The first-order valence-corrected chi connectivity index (χ1v) is 7.59. The molecule has 2 atom stereocenters. The smallest absolute Gasteiger partial charge is 0.0246 e. The van der Waals surface area contributed by atoms with Crippen molar-refractivity contribution in [1.29, 1.82) is 0 Å². The van der Waals surface area contributed by atoms with Gasteiger partial charge in [-0.2, -0.15) is 0 Å². The van der Waals surface area contributed by atoms with Gasteiger partial charge in [0.2, 0.25) is 0 Å². The van der Waals surface area contributed by atoms with Gasteiger partial charge in [0, 0.05) is 23.5 Å². The van der Waals surface area contributed by atoms with Gasteiger partial charge in [-0.25, -0.2) is 0 Å². The number of thiophene rings is 1. The second-order valence-electron chi connectivity index (χ2n) is 5.06. The third-order valence-electron chi connectivity index (χ3n) is 3.96. The van der Waals surface area contributed by atoms with Crippen LogP contribution in [-0.4, -0.2) is 37.6 Å². The highest BCUT2D eigenvalue weighted by molar-refractivity contribution is 7.09. The number of rotatable bonds is 5. The fraction of sp³-hybridized carbons (Fsp3) is 0.714. The molecule has 1 aliphatic carbocycles. The molecule has 1 saturated carbocycles. The van der Waals surface area contributed by atoms with Gasteiger partial charge >= 0.3 is 0 Å². The van der Waals surface area contributed by atoms with E-state index in [4.69, 9.17) is 0 Å². The summed E-state index contributed by atoms with van der Waals surface area (Å²) in [4.78, 5) is 4.06. The molecule has 3 heteroatoms. The van der Waals surface area contributed by atoms with Crippen LogP contribution in [0.1, 0.15) is 30.6 Å². The van der Waals surface area contributed by atoms with Crippen LogP contribution in [0.15, 0.2) is 17.5 Å². The number of nitrogens with one attached hydrogen (secondary N) is 1. The zero-order valence-electron chi connectivity index (χ0n) is 11.0. The van der Waals surface area contributed by atoms with Gasteiger partial charge in [0.25, 0.3) is 0 Å². The fourth-order valence-corrected chi connectivity index (χ4v) is 3.58. The van der Waals surface area contributed by atoms with Crippen LogP contribution in [0.2, 0.25) is 0 Å². The second kappa shape index (κ2) is 6.53. The first-order chi connectivity index (χ1) is 8.31. The van der Waals surface area contributed by atoms with Crippen molar-refractivity contribution in [2.45, 2.75) is 44.2 Å². The van der Waals surface area contributed by atoms with E-state index in [1.807, 2.05) is 11.3 Å². The maximum absolute atomic E-state index is 3.49. The van der Waals surface area contributed by atoms with Gasteiger partial charge in [-0.1, -0.05) is 18.9 Å². The Kier molecular flexibility index (Phi) is 5.01. The minimum Gasteiger partial charge on any atom is -0.315 e. The Morgan fingerprint density at radius 1 is 1.41 bits per heavy atom. The van der Waals surface area contributed by atoms with Crippen molar-refractivity contribution in [3.8, 4) is 0 Å². The molecule has 1 aromatic heterocycles. The van der Waals surface area contributed by atoms with E-state index in [0.29, 0.717) is 6.04 Å². The van der Waals surface area contributed by atoms with E-state index in [1.165, 1.54) is 43.5 Å². The van der Waals surface area contributed by atoms with Crippen LogP contribution in [0.5, 0.6) is 0 Å². The lowest BCUT2D eigenvalue weighted by molar-refractivity contribution is 0.155. The van der Waals surface area contributed by atoms with Gasteiger partial charge in [-0.3, -0.25) is 0 Å². The average molecular weight is 252 g/mol. The lowest BCUT2D eigenvalue weighted by Gasteiger charge is -2.38.